The van der Waals surface area contributed by atoms with Gasteiger partial charge in [0, 0.05) is 24.5 Å². The SMILES string of the molecule is CCOc1ccc(C2/C(=C(\O)c3ccc(OC)c(F)c3)C(=O)C(=O)N2Cc2cccnc2)cc1. The molecule has 4 rings (SSSR count). The highest BCUT2D eigenvalue weighted by Gasteiger charge is 2.46. The van der Waals surface area contributed by atoms with Crippen molar-refractivity contribution in [2.45, 2.75) is 19.5 Å². The molecule has 34 heavy (non-hydrogen) atoms. The van der Waals surface area contributed by atoms with Crippen molar-refractivity contribution >= 4 is 17.4 Å². The van der Waals surface area contributed by atoms with Crippen LogP contribution in [0.5, 0.6) is 11.5 Å². The van der Waals surface area contributed by atoms with Gasteiger partial charge in [-0.3, -0.25) is 14.6 Å². The Morgan fingerprint density at radius 3 is 2.53 bits per heavy atom. The smallest absolute Gasteiger partial charge is 0.295 e. The van der Waals surface area contributed by atoms with E-state index < -0.39 is 29.3 Å². The molecule has 1 aromatic heterocycles. The third-order valence-electron chi connectivity index (χ3n) is 5.55. The fraction of sp³-hybridized carbons (Fsp3) is 0.192. The van der Waals surface area contributed by atoms with Crippen LogP contribution in [0.2, 0.25) is 0 Å². The summed E-state index contributed by atoms with van der Waals surface area (Å²) in [5.74, 6) is -2.15. The van der Waals surface area contributed by atoms with Gasteiger partial charge >= 0.3 is 0 Å². The van der Waals surface area contributed by atoms with E-state index >= 15 is 0 Å². The average Bonchev–Trinajstić information content (AvgIpc) is 3.10. The standard InChI is InChI=1S/C26H23FN2O5/c1-3-34-19-9-6-17(7-10-19)23-22(24(30)18-8-11-21(33-2)20(27)13-18)25(31)26(32)29(23)15-16-5-4-12-28-14-16/h4-14,23,30H,3,15H2,1-2H3/b24-22+. The first-order chi connectivity index (χ1) is 16.4. The lowest BCUT2D eigenvalue weighted by Gasteiger charge is -2.25. The molecular formula is C26H23FN2O5. The number of aromatic nitrogens is 1. The molecule has 0 radical (unpaired) electrons. The van der Waals surface area contributed by atoms with Crippen LogP contribution in [0.1, 0.15) is 29.7 Å². The van der Waals surface area contributed by atoms with Gasteiger partial charge in [0.05, 0.1) is 25.3 Å². The Labute approximate surface area is 196 Å². The molecule has 2 aromatic carbocycles. The summed E-state index contributed by atoms with van der Waals surface area (Å²) in [6.07, 6.45) is 3.22. The summed E-state index contributed by atoms with van der Waals surface area (Å²) in [6, 6.07) is 13.4. The van der Waals surface area contributed by atoms with Crippen molar-refractivity contribution in [1.29, 1.82) is 0 Å². The zero-order chi connectivity index (χ0) is 24.2. The Hall–Kier alpha value is -4.20. The van der Waals surface area contributed by atoms with Gasteiger partial charge in [-0.1, -0.05) is 18.2 Å². The number of carbonyl (C=O) groups excluding carboxylic acids is 2. The Morgan fingerprint density at radius 1 is 1.15 bits per heavy atom. The molecule has 1 fully saturated rings. The van der Waals surface area contributed by atoms with Crippen molar-refractivity contribution in [3.63, 3.8) is 0 Å². The maximum atomic E-state index is 14.3. The second kappa shape index (κ2) is 9.74. The number of likely N-dealkylation sites (tertiary alicyclic amines) is 1. The third kappa shape index (κ3) is 4.34. The molecule has 1 amide bonds. The van der Waals surface area contributed by atoms with Gasteiger partial charge in [-0.25, -0.2) is 4.39 Å². The second-order valence-corrected chi connectivity index (χ2v) is 7.64. The first-order valence-electron chi connectivity index (χ1n) is 10.7. The summed E-state index contributed by atoms with van der Waals surface area (Å²) in [5, 5.41) is 11.1. The number of Topliss-reactive ketones (excluding diaryl/α,β-unsaturated/α-hetero) is 1. The molecule has 0 aliphatic carbocycles. The minimum absolute atomic E-state index is 0.00311. The van der Waals surface area contributed by atoms with Crippen LogP contribution < -0.4 is 9.47 Å². The lowest BCUT2D eigenvalue weighted by molar-refractivity contribution is -0.140. The minimum Gasteiger partial charge on any atom is -0.507 e. The van der Waals surface area contributed by atoms with Gasteiger partial charge in [0.2, 0.25) is 0 Å². The van der Waals surface area contributed by atoms with E-state index in [1.165, 1.54) is 24.1 Å². The predicted octanol–water partition coefficient (Wildman–Crippen LogP) is 4.25. The highest BCUT2D eigenvalue weighted by molar-refractivity contribution is 6.46. The summed E-state index contributed by atoms with van der Waals surface area (Å²) >= 11 is 0. The second-order valence-electron chi connectivity index (χ2n) is 7.64. The number of ether oxygens (including phenoxy) is 2. The van der Waals surface area contributed by atoms with E-state index in [0.29, 0.717) is 17.9 Å². The number of nitrogens with zero attached hydrogens (tertiary/aromatic N) is 2. The van der Waals surface area contributed by atoms with Gasteiger partial charge in [-0.05, 0) is 54.4 Å². The van der Waals surface area contributed by atoms with Crippen LogP contribution in [0.15, 0.2) is 72.6 Å². The van der Waals surface area contributed by atoms with E-state index in [4.69, 9.17) is 9.47 Å². The Balaban J connectivity index is 1.84. The molecule has 1 atom stereocenters. The molecule has 0 saturated carbocycles. The molecule has 1 aliphatic rings. The van der Waals surface area contributed by atoms with Crippen molar-refractivity contribution in [3.8, 4) is 11.5 Å². The number of carbonyl (C=O) groups is 2. The monoisotopic (exact) mass is 462 g/mol. The molecule has 1 unspecified atom stereocenters. The quantitative estimate of drug-likeness (QED) is 0.321. The van der Waals surface area contributed by atoms with Gasteiger partial charge in [-0.2, -0.15) is 0 Å². The summed E-state index contributed by atoms with van der Waals surface area (Å²) in [6.45, 7) is 2.45. The van der Waals surface area contributed by atoms with Gasteiger partial charge in [0.25, 0.3) is 11.7 Å². The van der Waals surface area contributed by atoms with Gasteiger partial charge in [0.1, 0.15) is 11.5 Å². The Bertz CT molecular complexity index is 1240. The highest BCUT2D eigenvalue weighted by atomic mass is 19.1. The van der Waals surface area contributed by atoms with Crippen molar-refractivity contribution in [3.05, 3.63) is 95.1 Å². The molecule has 3 aromatic rings. The lowest BCUT2D eigenvalue weighted by atomic mass is 9.95. The van der Waals surface area contributed by atoms with E-state index in [1.54, 1.807) is 48.8 Å². The summed E-state index contributed by atoms with van der Waals surface area (Å²) in [5.41, 5.74) is 1.26. The summed E-state index contributed by atoms with van der Waals surface area (Å²) in [7, 11) is 1.33. The number of hydrogen-bond acceptors (Lipinski definition) is 6. The number of methoxy groups -OCH3 is 1. The number of pyridine rings is 1. The number of hydrogen-bond donors (Lipinski definition) is 1. The van der Waals surface area contributed by atoms with Crippen LogP contribution in [-0.4, -0.2) is 40.4 Å². The zero-order valence-corrected chi connectivity index (χ0v) is 18.7. The first-order valence-corrected chi connectivity index (χ1v) is 10.7. The highest BCUT2D eigenvalue weighted by Crippen LogP contribution is 2.41. The van der Waals surface area contributed by atoms with E-state index in [-0.39, 0.29) is 23.4 Å². The van der Waals surface area contributed by atoms with Crippen LogP contribution in [0.3, 0.4) is 0 Å². The van der Waals surface area contributed by atoms with Crippen LogP contribution in [0.4, 0.5) is 4.39 Å². The predicted molar refractivity (Wildman–Crippen MR) is 123 cm³/mol. The van der Waals surface area contributed by atoms with Gasteiger partial charge in [-0.15, -0.1) is 0 Å². The number of aliphatic hydroxyl groups is 1. The fourth-order valence-corrected chi connectivity index (χ4v) is 3.96. The average molecular weight is 462 g/mol. The molecule has 0 bridgehead atoms. The Morgan fingerprint density at radius 2 is 1.91 bits per heavy atom. The van der Waals surface area contributed by atoms with Crippen LogP contribution >= 0.6 is 0 Å². The van der Waals surface area contributed by atoms with Crippen LogP contribution in [0, 0.1) is 5.82 Å². The molecule has 0 spiro atoms. The van der Waals surface area contributed by atoms with Crippen molar-refractivity contribution in [2.24, 2.45) is 0 Å². The maximum absolute atomic E-state index is 14.3. The third-order valence-corrected chi connectivity index (χ3v) is 5.55. The normalized spacial score (nSPS) is 17.1. The molecule has 8 heteroatoms. The van der Waals surface area contributed by atoms with Crippen LogP contribution in [-0.2, 0) is 16.1 Å². The van der Waals surface area contributed by atoms with Crippen molar-refractivity contribution in [2.75, 3.05) is 13.7 Å². The number of aliphatic hydroxyl groups excluding tert-OH is 1. The summed E-state index contributed by atoms with van der Waals surface area (Å²) < 4.78 is 24.8. The Kier molecular flexibility index (Phi) is 6.58. The number of amides is 1. The van der Waals surface area contributed by atoms with Gasteiger partial charge < -0.3 is 19.5 Å². The van der Waals surface area contributed by atoms with Crippen molar-refractivity contribution in [1.82, 2.24) is 9.88 Å². The van der Waals surface area contributed by atoms with Gasteiger partial charge in [0.15, 0.2) is 11.6 Å². The molecule has 7 nitrogen and oxygen atoms in total. The number of benzene rings is 2. The molecular weight excluding hydrogens is 439 g/mol. The number of halogens is 1. The number of rotatable bonds is 7. The molecule has 1 N–H and O–H groups in total. The topological polar surface area (TPSA) is 89.0 Å². The fourth-order valence-electron chi connectivity index (χ4n) is 3.96. The maximum Gasteiger partial charge on any atom is 0.295 e. The van der Waals surface area contributed by atoms with E-state index in [1.807, 2.05) is 6.92 Å². The summed E-state index contributed by atoms with van der Waals surface area (Å²) in [4.78, 5) is 31.6. The largest absolute Gasteiger partial charge is 0.507 e. The van der Waals surface area contributed by atoms with Crippen molar-refractivity contribution < 1.29 is 28.6 Å². The van der Waals surface area contributed by atoms with E-state index in [2.05, 4.69) is 4.98 Å². The van der Waals surface area contributed by atoms with E-state index in [0.717, 1.165) is 11.6 Å². The lowest BCUT2D eigenvalue weighted by Crippen LogP contribution is -2.29. The molecule has 1 saturated heterocycles. The minimum atomic E-state index is -0.888. The molecule has 1 aliphatic heterocycles. The van der Waals surface area contributed by atoms with Crippen LogP contribution in [0.25, 0.3) is 5.76 Å². The molecule has 2 heterocycles. The molecule has 174 valence electrons. The number of ketones is 1. The van der Waals surface area contributed by atoms with E-state index in [9.17, 15) is 19.1 Å². The first kappa shape index (κ1) is 23.0. The zero-order valence-electron chi connectivity index (χ0n) is 18.7.